The van der Waals surface area contributed by atoms with Crippen molar-refractivity contribution in [2.75, 3.05) is 6.61 Å². The first-order valence-electron chi connectivity index (χ1n) is 11.3. The first-order valence-corrected chi connectivity index (χ1v) is 14.2. The number of nitrogens with zero attached hydrogens (tertiary/aromatic N) is 1. The Balaban J connectivity index is 2.04. The molecule has 1 aromatic carbocycles. The summed E-state index contributed by atoms with van der Waals surface area (Å²) in [5.41, 5.74) is 1.03. The van der Waals surface area contributed by atoms with Gasteiger partial charge in [0.2, 0.25) is 5.91 Å². The van der Waals surface area contributed by atoms with E-state index < -0.39 is 26.4 Å². The van der Waals surface area contributed by atoms with Crippen molar-refractivity contribution in [3.8, 4) is 0 Å². The minimum Gasteiger partial charge on any atom is -0.447 e. The standard InChI is InChI=1S/C24H39NO5Si/c1-8-21(30-31(6,7)24(3,4)5)17(2)20(26)15-22(27)25-19(16-29-23(25)28)14-18-12-10-9-11-13-18/h9-13,17,19-21,26H,8,14-16H2,1-7H3/t17-,19+,20+,21-/m1/s1. The molecule has 1 aliphatic heterocycles. The lowest BCUT2D eigenvalue weighted by Crippen LogP contribution is -2.48. The zero-order valence-corrected chi connectivity index (χ0v) is 21.1. The lowest BCUT2D eigenvalue weighted by Gasteiger charge is -2.41. The molecule has 0 spiro atoms. The van der Waals surface area contributed by atoms with Crippen molar-refractivity contribution in [3.05, 3.63) is 35.9 Å². The van der Waals surface area contributed by atoms with Crippen molar-refractivity contribution in [2.45, 2.75) is 90.3 Å². The van der Waals surface area contributed by atoms with Crippen LogP contribution in [-0.2, 0) is 20.4 Å². The maximum atomic E-state index is 13.0. The molecule has 2 amide bonds. The molecule has 0 aromatic heterocycles. The third-order valence-corrected chi connectivity index (χ3v) is 11.3. The van der Waals surface area contributed by atoms with Gasteiger partial charge in [-0.1, -0.05) is 65.0 Å². The maximum Gasteiger partial charge on any atom is 0.416 e. The largest absolute Gasteiger partial charge is 0.447 e. The van der Waals surface area contributed by atoms with Crippen molar-refractivity contribution < 1.29 is 23.9 Å². The Morgan fingerprint density at radius 1 is 1.29 bits per heavy atom. The highest BCUT2D eigenvalue weighted by molar-refractivity contribution is 6.74. The third kappa shape index (κ3) is 6.40. The second kappa shape index (κ2) is 10.3. The number of hydrogen-bond acceptors (Lipinski definition) is 5. The summed E-state index contributed by atoms with van der Waals surface area (Å²) in [7, 11) is -2.01. The van der Waals surface area contributed by atoms with Crippen LogP contribution in [0.4, 0.5) is 4.79 Å². The van der Waals surface area contributed by atoms with Gasteiger partial charge in [0.1, 0.15) is 6.61 Å². The van der Waals surface area contributed by atoms with Crippen LogP contribution < -0.4 is 0 Å². The highest BCUT2D eigenvalue weighted by atomic mass is 28.4. The Morgan fingerprint density at radius 3 is 2.45 bits per heavy atom. The van der Waals surface area contributed by atoms with Gasteiger partial charge < -0.3 is 14.3 Å². The molecule has 1 N–H and O–H groups in total. The molecule has 2 rings (SSSR count). The molecule has 4 atom stereocenters. The van der Waals surface area contributed by atoms with E-state index in [2.05, 4.69) is 33.9 Å². The van der Waals surface area contributed by atoms with Crippen LogP contribution in [0.25, 0.3) is 0 Å². The molecule has 174 valence electrons. The molecule has 7 heteroatoms. The second-order valence-electron chi connectivity index (χ2n) is 10.1. The summed E-state index contributed by atoms with van der Waals surface area (Å²) in [6.07, 6.45) is -0.506. The summed E-state index contributed by atoms with van der Waals surface area (Å²) >= 11 is 0. The fraction of sp³-hybridized carbons (Fsp3) is 0.667. The van der Waals surface area contributed by atoms with Gasteiger partial charge in [0.15, 0.2) is 8.32 Å². The number of carbonyl (C=O) groups is 2. The van der Waals surface area contributed by atoms with E-state index in [1.807, 2.05) is 44.2 Å². The van der Waals surface area contributed by atoms with E-state index in [-0.39, 0.29) is 36.1 Å². The van der Waals surface area contributed by atoms with Crippen molar-refractivity contribution in [1.82, 2.24) is 4.90 Å². The number of carbonyl (C=O) groups excluding carboxylic acids is 2. The average Bonchev–Trinajstić information content (AvgIpc) is 3.05. The summed E-state index contributed by atoms with van der Waals surface area (Å²) in [4.78, 5) is 26.4. The summed E-state index contributed by atoms with van der Waals surface area (Å²) < 4.78 is 11.7. The predicted molar refractivity (Wildman–Crippen MR) is 124 cm³/mol. The number of imide groups is 1. The van der Waals surface area contributed by atoms with E-state index in [0.29, 0.717) is 6.42 Å². The fourth-order valence-electron chi connectivity index (χ4n) is 3.63. The molecule has 1 aromatic rings. The molecule has 1 aliphatic rings. The number of amides is 2. The molecule has 0 bridgehead atoms. The van der Waals surface area contributed by atoms with E-state index in [1.165, 1.54) is 4.90 Å². The minimum absolute atomic E-state index is 0.0604. The Morgan fingerprint density at radius 2 is 1.90 bits per heavy atom. The third-order valence-electron chi connectivity index (χ3n) is 6.78. The molecular weight excluding hydrogens is 410 g/mol. The van der Waals surface area contributed by atoms with Gasteiger partial charge in [0.25, 0.3) is 0 Å². The number of ether oxygens (including phenoxy) is 1. The van der Waals surface area contributed by atoms with Gasteiger partial charge in [-0.25, -0.2) is 9.69 Å². The van der Waals surface area contributed by atoms with E-state index in [1.54, 1.807) is 0 Å². The minimum atomic E-state index is -2.01. The number of cyclic esters (lactones) is 1. The highest BCUT2D eigenvalue weighted by Gasteiger charge is 2.42. The van der Waals surface area contributed by atoms with Crippen LogP contribution in [0.5, 0.6) is 0 Å². The molecule has 31 heavy (non-hydrogen) atoms. The van der Waals surface area contributed by atoms with Gasteiger partial charge >= 0.3 is 6.09 Å². The second-order valence-corrected chi connectivity index (χ2v) is 14.9. The molecule has 0 radical (unpaired) electrons. The lowest BCUT2D eigenvalue weighted by atomic mass is 9.93. The Kier molecular flexibility index (Phi) is 8.47. The van der Waals surface area contributed by atoms with Crippen LogP contribution >= 0.6 is 0 Å². The van der Waals surface area contributed by atoms with Crippen molar-refractivity contribution in [2.24, 2.45) is 5.92 Å². The average molecular weight is 450 g/mol. The van der Waals surface area contributed by atoms with Crippen LogP contribution in [0.2, 0.25) is 18.1 Å². The molecule has 6 nitrogen and oxygen atoms in total. The van der Waals surface area contributed by atoms with Crippen molar-refractivity contribution in [3.63, 3.8) is 0 Å². The van der Waals surface area contributed by atoms with E-state index >= 15 is 0 Å². The molecular formula is C24H39NO5Si. The smallest absolute Gasteiger partial charge is 0.416 e. The van der Waals surface area contributed by atoms with E-state index in [9.17, 15) is 14.7 Å². The summed E-state index contributed by atoms with van der Waals surface area (Å²) in [5, 5.41) is 10.9. The van der Waals surface area contributed by atoms with Gasteiger partial charge in [-0.2, -0.15) is 0 Å². The quantitative estimate of drug-likeness (QED) is 0.550. The van der Waals surface area contributed by atoms with Crippen LogP contribution in [0, 0.1) is 5.92 Å². The van der Waals surface area contributed by atoms with Crippen molar-refractivity contribution in [1.29, 1.82) is 0 Å². The maximum absolute atomic E-state index is 13.0. The predicted octanol–water partition coefficient (Wildman–Crippen LogP) is 4.76. The summed E-state index contributed by atoms with van der Waals surface area (Å²) in [6.45, 7) is 15.1. The van der Waals surface area contributed by atoms with Gasteiger partial charge in [-0.3, -0.25) is 4.79 Å². The monoisotopic (exact) mass is 449 g/mol. The summed E-state index contributed by atoms with van der Waals surface area (Å²) in [5.74, 6) is -0.626. The molecule has 0 saturated carbocycles. The normalized spacial score (nSPS) is 20.3. The van der Waals surface area contributed by atoms with Crippen LogP contribution in [0.15, 0.2) is 30.3 Å². The van der Waals surface area contributed by atoms with Crippen LogP contribution in [0.3, 0.4) is 0 Å². The van der Waals surface area contributed by atoms with Gasteiger partial charge in [-0.15, -0.1) is 0 Å². The zero-order valence-electron chi connectivity index (χ0n) is 20.1. The fourth-order valence-corrected chi connectivity index (χ4v) is 5.12. The first kappa shape index (κ1) is 25.6. The number of aliphatic hydroxyl groups is 1. The van der Waals surface area contributed by atoms with Crippen molar-refractivity contribution >= 4 is 20.3 Å². The molecule has 1 saturated heterocycles. The molecule has 0 unspecified atom stereocenters. The number of hydrogen-bond donors (Lipinski definition) is 1. The number of rotatable bonds is 9. The molecule has 1 fully saturated rings. The topological polar surface area (TPSA) is 76.1 Å². The Bertz CT molecular complexity index is 746. The number of aliphatic hydroxyl groups excluding tert-OH is 1. The Labute approximate surface area is 188 Å². The lowest BCUT2D eigenvalue weighted by molar-refractivity contribution is -0.132. The SMILES string of the molecule is CC[C@@H](O[Si](C)(C)C(C)(C)C)[C@H](C)[C@@H](O)CC(=O)N1C(=O)OC[C@@H]1Cc1ccccc1. The highest BCUT2D eigenvalue weighted by Crippen LogP contribution is 2.39. The molecule has 1 heterocycles. The Hall–Kier alpha value is -1.70. The van der Waals surface area contributed by atoms with Gasteiger partial charge in [-0.05, 0) is 36.5 Å². The first-order chi connectivity index (χ1) is 14.4. The van der Waals surface area contributed by atoms with E-state index in [0.717, 1.165) is 12.0 Å². The van der Waals surface area contributed by atoms with Gasteiger partial charge in [0.05, 0.1) is 18.6 Å². The van der Waals surface area contributed by atoms with E-state index in [4.69, 9.17) is 9.16 Å². The van der Waals surface area contributed by atoms with Crippen LogP contribution in [-0.4, -0.2) is 55.2 Å². The zero-order chi connectivity index (χ0) is 23.4. The number of benzene rings is 1. The molecule has 0 aliphatic carbocycles. The van der Waals surface area contributed by atoms with Gasteiger partial charge in [0, 0.05) is 12.0 Å². The van der Waals surface area contributed by atoms with Crippen LogP contribution in [0.1, 0.15) is 53.0 Å². The summed E-state index contributed by atoms with van der Waals surface area (Å²) in [6, 6.07) is 9.36.